The van der Waals surface area contributed by atoms with Crippen LogP contribution in [-0.4, -0.2) is 34.3 Å². The number of hydrogen-bond donors (Lipinski definition) is 0. The number of halogens is 4. The smallest absolute Gasteiger partial charge is 0.306 e. The number of alkyl halides is 3. The van der Waals surface area contributed by atoms with Gasteiger partial charge in [0.2, 0.25) is 5.69 Å². The lowest BCUT2D eigenvalue weighted by molar-refractivity contribution is -0.141. The summed E-state index contributed by atoms with van der Waals surface area (Å²) in [4.78, 5) is 31.9. The first-order chi connectivity index (χ1) is 18.6. The zero-order chi connectivity index (χ0) is 27.9. The summed E-state index contributed by atoms with van der Waals surface area (Å²) < 4.78 is 55.5. The van der Waals surface area contributed by atoms with Gasteiger partial charge in [0.05, 0.1) is 17.9 Å². The molecule has 0 unspecified atom stereocenters. The van der Waals surface area contributed by atoms with Crippen LogP contribution in [-0.2, 0) is 6.18 Å². The zero-order valence-electron chi connectivity index (χ0n) is 20.3. The fraction of sp³-hybridized carbons (Fsp3) is 0.143. The molecule has 0 fully saturated rings. The van der Waals surface area contributed by atoms with Crippen LogP contribution in [0.3, 0.4) is 0 Å². The van der Waals surface area contributed by atoms with Gasteiger partial charge in [0.1, 0.15) is 11.5 Å². The summed E-state index contributed by atoms with van der Waals surface area (Å²) in [7, 11) is 0. The minimum Gasteiger partial charge on any atom is -0.306 e. The summed E-state index contributed by atoms with van der Waals surface area (Å²) in [5.41, 5.74) is -0.0574. The van der Waals surface area contributed by atoms with E-state index >= 15 is 0 Å². The third-order valence-corrected chi connectivity index (χ3v) is 7.12. The number of carbonyl (C=O) groups excluding carboxylic acids is 2. The molecule has 1 amide bonds. The summed E-state index contributed by atoms with van der Waals surface area (Å²) in [5.74, 6) is -1.87. The molecule has 2 heterocycles. The average Bonchev–Trinajstić information content (AvgIpc) is 3.39. The molecule has 1 aliphatic heterocycles. The number of anilines is 1. The lowest BCUT2D eigenvalue weighted by Crippen LogP contribution is -2.38. The standard InChI is InChI=1S/C28H18F4N4O2S/c1-33-21-14-17(8-9-20(21)29)36-23(15-26(34-36)28(30,31)32)27(38)35-12-11-24(37)19-13-16(7-10-22(19)35)18-5-3-4-6-25(18)39-2/h3-10,13-15H,11-12H2,2H3. The number of rotatable bonds is 4. The zero-order valence-corrected chi connectivity index (χ0v) is 21.1. The van der Waals surface area contributed by atoms with E-state index in [9.17, 15) is 27.2 Å². The lowest BCUT2D eigenvalue weighted by Gasteiger charge is -2.29. The van der Waals surface area contributed by atoms with E-state index in [0.29, 0.717) is 6.07 Å². The third-order valence-electron chi connectivity index (χ3n) is 6.33. The van der Waals surface area contributed by atoms with Gasteiger partial charge in [-0.1, -0.05) is 24.3 Å². The Kier molecular flexibility index (Phi) is 6.74. The Morgan fingerprint density at radius 3 is 2.54 bits per heavy atom. The van der Waals surface area contributed by atoms with Crippen LogP contribution < -0.4 is 4.90 Å². The molecule has 0 spiro atoms. The monoisotopic (exact) mass is 550 g/mol. The van der Waals surface area contributed by atoms with Gasteiger partial charge in [-0.25, -0.2) is 13.9 Å². The molecule has 196 valence electrons. The normalized spacial score (nSPS) is 13.2. The molecular formula is C28H18F4N4O2S. The van der Waals surface area contributed by atoms with Crippen LogP contribution in [0.25, 0.3) is 21.7 Å². The highest BCUT2D eigenvalue weighted by atomic mass is 32.2. The number of benzene rings is 3. The fourth-order valence-corrected chi connectivity index (χ4v) is 5.07. The highest BCUT2D eigenvalue weighted by molar-refractivity contribution is 7.98. The van der Waals surface area contributed by atoms with Crippen molar-refractivity contribution in [2.75, 3.05) is 17.7 Å². The van der Waals surface area contributed by atoms with Gasteiger partial charge in [-0.2, -0.15) is 18.3 Å². The summed E-state index contributed by atoms with van der Waals surface area (Å²) in [6.45, 7) is 7.07. The SMILES string of the molecule is [C-]#[N+]c1cc(-n2nc(C(F)(F)F)cc2C(=O)N2CCC(=O)c3cc(-c4ccccc4SC)ccc32)ccc1F. The van der Waals surface area contributed by atoms with Crippen molar-refractivity contribution in [3.63, 3.8) is 0 Å². The first kappa shape index (κ1) is 26.2. The second kappa shape index (κ2) is 10.0. The molecule has 0 radical (unpaired) electrons. The van der Waals surface area contributed by atoms with Crippen LogP contribution in [0.4, 0.5) is 28.9 Å². The molecule has 0 atom stereocenters. The molecule has 0 saturated heterocycles. The number of amides is 1. The van der Waals surface area contributed by atoms with Crippen LogP contribution in [0.15, 0.2) is 71.6 Å². The van der Waals surface area contributed by atoms with E-state index in [1.165, 1.54) is 4.90 Å². The predicted molar refractivity (Wildman–Crippen MR) is 139 cm³/mol. The molecule has 0 aliphatic carbocycles. The summed E-state index contributed by atoms with van der Waals surface area (Å²) in [6, 6.07) is 16.4. The Morgan fingerprint density at radius 2 is 1.82 bits per heavy atom. The average molecular weight is 551 g/mol. The third kappa shape index (κ3) is 4.79. The van der Waals surface area contributed by atoms with E-state index in [1.807, 2.05) is 30.5 Å². The van der Waals surface area contributed by atoms with Crippen molar-refractivity contribution < 1.29 is 27.2 Å². The van der Waals surface area contributed by atoms with E-state index in [-0.39, 0.29) is 35.7 Å². The maximum Gasteiger partial charge on any atom is 0.435 e. The van der Waals surface area contributed by atoms with Crippen LogP contribution in [0, 0.1) is 12.4 Å². The van der Waals surface area contributed by atoms with Crippen LogP contribution >= 0.6 is 11.8 Å². The molecule has 6 nitrogen and oxygen atoms in total. The van der Waals surface area contributed by atoms with Gasteiger partial charge in [0.15, 0.2) is 11.5 Å². The topological polar surface area (TPSA) is 59.6 Å². The second-order valence-electron chi connectivity index (χ2n) is 8.63. The van der Waals surface area contributed by atoms with E-state index in [4.69, 9.17) is 6.57 Å². The number of hydrogen-bond acceptors (Lipinski definition) is 4. The van der Waals surface area contributed by atoms with E-state index in [2.05, 4.69) is 9.94 Å². The Morgan fingerprint density at radius 1 is 1.05 bits per heavy atom. The number of Topliss-reactive ketones (excluding diaryl/α,β-unsaturated/α-hetero) is 1. The first-order valence-electron chi connectivity index (χ1n) is 11.6. The Balaban J connectivity index is 1.61. The molecule has 0 N–H and O–H groups in total. The maximum atomic E-state index is 13.9. The van der Waals surface area contributed by atoms with Crippen LogP contribution in [0.5, 0.6) is 0 Å². The number of thioether (sulfide) groups is 1. The minimum absolute atomic E-state index is 0.0228. The van der Waals surface area contributed by atoms with Crippen molar-refractivity contribution in [2.24, 2.45) is 0 Å². The van der Waals surface area contributed by atoms with Gasteiger partial charge in [0, 0.05) is 29.5 Å². The van der Waals surface area contributed by atoms with E-state index < -0.39 is 35.0 Å². The van der Waals surface area contributed by atoms with Crippen molar-refractivity contribution in [2.45, 2.75) is 17.5 Å². The maximum absolute atomic E-state index is 13.9. The van der Waals surface area contributed by atoms with Crippen molar-refractivity contribution in [3.8, 4) is 16.8 Å². The van der Waals surface area contributed by atoms with Crippen LogP contribution in [0.2, 0.25) is 0 Å². The van der Waals surface area contributed by atoms with Gasteiger partial charge < -0.3 is 4.90 Å². The van der Waals surface area contributed by atoms with Crippen molar-refractivity contribution in [1.82, 2.24) is 9.78 Å². The van der Waals surface area contributed by atoms with Crippen molar-refractivity contribution in [1.29, 1.82) is 0 Å². The van der Waals surface area contributed by atoms with E-state index in [1.54, 1.807) is 30.0 Å². The fourth-order valence-electron chi connectivity index (χ4n) is 4.45. The van der Waals surface area contributed by atoms with Gasteiger partial charge in [0.25, 0.3) is 5.91 Å². The summed E-state index contributed by atoms with van der Waals surface area (Å²) in [5, 5.41) is 3.57. The first-order valence-corrected chi connectivity index (χ1v) is 12.8. The number of fused-ring (bicyclic) bond motifs is 1. The highest BCUT2D eigenvalue weighted by Crippen LogP contribution is 2.37. The van der Waals surface area contributed by atoms with Crippen LogP contribution in [0.1, 0.15) is 33.0 Å². The Hall–Kier alpha value is -4.43. The Labute approximate surface area is 224 Å². The molecule has 11 heteroatoms. The number of carbonyl (C=O) groups is 2. The van der Waals surface area contributed by atoms with Crippen molar-refractivity contribution in [3.05, 3.63) is 101 Å². The number of nitrogens with zero attached hydrogens (tertiary/aromatic N) is 4. The quantitative estimate of drug-likeness (QED) is 0.153. The van der Waals surface area contributed by atoms with Gasteiger partial charge in [-0.3, -0.25) is 9.59 Å². The number of ketones is 1. The van der Waals surface area contributed by atoms with Gasteiger partial charge in [-0.05, 0) is 53.8 Å². The molecule has 4 aromatic rings. The number of aromatic nitrogens is 2. The van der Waals surface area contributed by atoms with Crippen molar-refractivity contribution >= 4 is 34.8 Å². The van der Waals surface area contributed by atoms with E-state index in [0.717, 1.165) is 38.9 Å². The van der Waals surface area contributed by atoms with Gasteiger partial charge >= 0.3 is 6.18 Å². The molecule has 0 saturated carbocycles. The molecule has 39 heavy (non-hydrogen) atoms. The molecule has 1 aromatic heterocycles. The molecule has 1 aliphatic rings. The van der Waals surface area contributed by atoms with Gasteiger partial charge in [-0.15, -0.1) is 11.8 Å². The Bertz CT molecular complexity index is 1670. The summed E-state index contributed by atoms with van der Waals surface area (Å²) in [6.07, 6.45) is -2.95. The largest absolute Gasteiger partial charge is 0.435 e. The predicted octanol–water partition coefficient (Wildman–Crippen LogP) is 7.20. The minimum atomic E-state index is -4.86. The molecular weight excluding hydrogens is 532 g/mol. The molecule has 0 bridgehead atoms. The lowest BCUT2D eigenvalue weighted by atomic mass is 9.95. The molecule has 5 rings (SSSR count). The molecule has 3 aromatic carbocycles. The summed E-state index contributed by atoms with van der Waals surface area (Å²) >= 11 is 1.55. The second-order valence-corrected chi connectivity index (χ2v) is 9.48. The highest BCUT2D eigenvalue weighted by Gasteiger charge is 2.38.